The zero-order valence-corrected chi connectivity index (χ0v) is 12.7. The molecule has 0 aliphatic heterocycles. The molecule has 0 saturated carbocycles. The first-order valence-electron chi connectivity index (χ1n) is 6.72. The molecule has 2 rings (SSSR count). The molecule has 0 saturated heterocycles. The van der Waals surface area contributed by atoms with Gasteiger partial charge >= 0.3 is 0 Å². The number of thiophene rings is 1. The molecule has 0 radical (unpaired) electrons. The van der Waals surface area contributed by atoms with E-state index in [1.54, 1.807) is 23.3 Å². The first-order chi connectivity index (χ1) is 10.1. The third-order valence-electron chi connectivity index (χ3n) is 3.04. The Labute approximate surface area is 128 Å². The van der Waals surface area contributed by atoms with Gasteiger partial charge in [0.15, 0.2) is 0 Å². The van der Waals surface area contributed by atoms with Crippen LogP contribution in [0.15, 0.2) is 47.8 Å². The summed E-state index contributed by atoms with van der Waals surface area (Å²) in [5, 5.41) is 4.65. The molecule has 21 heavy (non-hydrogen) atoms. The van der Waals surface area contributed by atoms with Crippen molar-refractivity contribution < 1.29 is 9.59 Å². The lowest BCUT2D eigenvalue weighted by Crippen LogP contribution is -2.38. The highest BCUT2D eigenvalue weighted by Gasteiger charge is 2.11. The minimum atomic E-state index is -0.140. The van der Waals surface area contributed by atoms with Crippen molar-refractivity contribution in [3.05, 3.63) is 58.3 Å². The fourth-order valence-corrected chi connectivity index (χ4v) is 2.63. The van der Waals surface area contributed by atoms with Crippen LogP contribution in [-0.2, 0) is 22.6 Å². The standard InChI is InChI=1S/C16H18N2O2S/c1-18(12-14-8-5-9-21-14)16(20)11-17-15(19)10-13-6-3-2-4-7-13/h2-9H,10-12H2,1H3,(H,17,19). The van der Waals surface area contributed by atoms with Crippen molar-refractivity contribution in [2.75, 3.05) is 13.6 Å². The largest absolute Gasteiger partial charge is 0.347 e. The molecule has 2 aromatic rings. The van der Waals surface area contributed by atoms with Crippen LogP contribution in [0.4, 0.5) is 0 Å². The van der Waals surface area contributed by atoms with Gasteiger partial charge in [-0.25, -0.2) is 0 Å². The molecule has 1 heterocycles. The molecule has 5 heteroatoms. The topological polar surface area (TPSA) is 49.4 Å². The molecule has 4 nitrogen and oxygen atoms in total. The third kappa shape index (κ3) is 5.04. The Morgan fingerprint density at radius 2 is 1.90 bits per heavy atom. The number of likely N-dealkylation sites (N-methyl/N-ethyl adjacent to an activating group) is 1. The van der Waals surface area contributed by atoms with Gasteiger partial charge < -0.3 is 10.2 Å². The summed E-state index contributed by atoms with van der Waals surface area (Å²) in [6.07, 6.45) is 0.294. The van der Waals surface area contributed by atoms with Crippen LogP contribution in [0.25, 0.3) is 0 Å². The first kappa shape index (κ1) is 15.3. The quantitative estimate of drug-likeness (QED) is 0.888. The minimum absolute atomic E-state index is 0.0353. The van der Waals surface area contributed by atoms with Gasteiger partial charge in [-0.15, -0.1) is 11.3 Å². The predicted molar refractivity (Wildman–Crippen MR) is 83.9 cm³/mol. The summed E-state index contributed by atoms with van der Waals surface area (Å²) in [4.78, 5) is 26.5. The number of hydrogen-bond donors (Lipinski definition) is 1. The second-order valence-corrected chi connectivity index (χ2v) is 5.80. The lowest BCUT2D eigenvalue weighted by molar-refractivity contribution is -0.132. The van der Waals surface area contributed by atoms with Gasteiger partial charge in [0.1, 0.15) is 0 Å². The highest BCUT2D eigenvalue weighted by molar-refractivity contribution is 7.09. The van der Waals surface area contributed by atoms with Crippen LogP contribution < -0.4 is 5.32 Å². The van der Waals surface area contributed by atoms with E-state index in [0.717, 1.165) is 10.4 Å². The summed E-state index contributed by atoms with van der Waals surface area (Å²) in [5.74, 6) is -0.233. The van der Waals surface area contributed by atoms with Crippen molar-refractivity contribution in [1.29, 1.82) is 0 Å². The first-order valence-corrected chi connectivity index (χ1v) is 7.60. The molecule has 1 N–H and O–H groups in total. The molecule has 2 amide bonds. The van der Waals surface area contributed by atoms with Crippen LogP contribution >= 0.6 is 11.3 Å². The zero-order valence-electron chi connectivity index (χ0n) is 11.9. The van der Waals surface area contributed by atoms with Crippen LogP contribution in [0.2, 0.25) is 0 Å². The van der Waals surface area contributed by atoms with Gasteiger partial charge in [0.05, 0.1) is 19.5 Å². The Kier molecular flexibility index (Phi) is 5.51. The Morgan fingerprint density at radius 1 is 1.14 bits per heavy atom. The maximum atomic E-state index is 11.9. The molecule has 0 atom stereocenters. The summed E-state index contributed by atoms with van der Waals surface area (Å²) in [5.41, 5.74) is 0.939. The van der Waals surface area contributed by atoms with E-state index < -0.39 is 0 Å². The van der Waals surface area contributed by atoms with E-state index in [1.165, 1.54) is 0 Å². The molecule has 0 unspecified atom stereocenters. The van der Waals surface area contributed by atoms with E-state index in [0.29, 0.717) is 13.0 Å². The second kappa shape index (κ2) is 7.59. The average molecular weight is 302 g/mol. The number of benzene rings is 1. The second-order valence-electron chi connectivity index (χ2n) is 4.77. The molecule has 1 aromatic carbocycles. The van der Waals surface area contributed by atoms with E-state index in [1.807, 2.05) is 47.8 Å². The summed E-state index contributed by atoms with van der Waals surface area (Å²) in [6.45, 7) is 0.610. The number of nitrogens with one attached hydrogen (secondary N) is 1. The van der Waals surface area contributed by atoms with E-state index >= 15 is 0 Å². The Hall–Kier alpha value is -2.14. The molecule has 0 fully saturated rings. The Balaban J connectivity index is 1.74. The molecule has 110 valence electrons. The van der Waals surface area contributed by atoms with Gasteiger partial charge in [0.25, 0.3) is 0 Å². The highest BCUT2D eigenvalue weighted by Crippen LogP contribution is 2.10. The number of nitrogens with zero attached hydrogens (tertiary/aromatic N) is 1. The van der Waals surface area contributed by atoms with Crippen molar-refractivity contribution in [1.82, 2.24) is 10.2 Å². The van der Waals surface area contributed by atoms with Crippen molar-refractivity contribution in [2.24, 2.45) is 0 Å². The van der Waals surface area contributed by atoms with Crippen LogP contribution in [0.1, 0.15) is 10.4 Å². The van der Waals surface area contributed by atoms with Crippen molar-refractivity contribution in [3.63, 3.8) is 0 Å². The molecule has 0 aliphatic rings. The SMILES string of the molecule is CN(Cc1cccs1)C(=O)CNC(=O)Cc1ccccc1. The highest BCUT2D eigenvalue weighted by atomic mass is 32.1. The molecule has 0 aliphatic carbocycles. The van der Waals surface area contributed by atoms with Gasteiger partial charge in [-0.05, 0) is 17.0 Å². The number of amides is 2. The van der Waals surface area contributed by atoms with Crippen LogP contribution in [0, 0.1) is 0 Å². The van der Waals surface area contributed by atoms with Gasteiger partial charge in [0, 0.05) is 11.9 Å². The molecule has 0 bridgehead atoms. The van der Waals surface area contributed by atoms with Crippen LogP contribution in [0.3, 0.4) is 0 Å². The van der Waals surface area contributed by atoms with Crippen molar-refractivity contribution in [3.8, 4) is 0 Å². The predicted octanol–water partition coefficient (Wildman–Crippen LogP) is 2.07. The molecule has 0 spiro atoms. The van der Waals surface area contributed by atoms with Gasteiger partial charge in [-0.2, -0.15) is 0 Å². The fourth-order valence-electron chi connectivity index (χ4n) is 1.88. The summed E-state index contributed by atoms with van der Waals surface area (Å²) >= 11 is 1.61. The molecular weight excluding hydrogens is 284 g/mol. The Morgan fingerprint density at radius 3 is 2.57 bits per heavy atom. The van der Waals surface area contributed by atoms with Gasteiger partial charge in [0.2, 0.25) is 11.8 Å². The lowest BCUT2D eigenvalue weighted by Gasteiger charge is -2.16. The maximum Gasteiger partial charge on any atom is 0.242 e. The Bertz CT molecular complexity index is 582. The summed E-state index contributed by atoms with van der Waals surface area (Å²) < 4.78 is 0. The minimum Gasteiger partial charge on any atom is -0.347 e. The number of rotatable bonds is 6. The third-order valence-corrected chi connectivity index (χ3v) is 3.90. The zero-order chi connectivity index (χ0) is 15.1. The molecular formula is C16H18N2O2S. The van der Waals surface area contributed by atoms with Crippen LogP contribution in [-0.4, -0.2) is 30.3 Å². The number of hydrogen-bond acceptors (Lipinski definition) is 3. The molecule has 1 aromatic heterocycles. The van der Waals surface area contributed by atoms with Crippen LogP contribution in [0.5, 0.6) is 0 Å². The van der Waals surface area contributed by atoms with E-state index in [2.05, 4.69) is 5.32 Å². The number of carbonyl (C=O) groups is 2. The monoisotopic (exact) mass is 302 g/mol. The fraction of sp³-hybridized carbons (Fsp3) is 0.250. The smallest absolute Gasteiger partial charge is 0.242 e. The average Bonchev–Trinajstić information content (AvgIpc) is 2.98. The van der Waals surface area contributed by atoms with E-state index in [-0.39, 0.29) is 18.4 Å². The van der Waals surface area contributed by atoms with E-state index in [9.17, 15) is 9.59 Å². The normalized spacial score (nSPS) is 10.1. The summed E-state index contributed by atoms with van der Waals surface area (Å²) in [6, 6.07) is 13.4. The summed E-state index contributed by atoms with van der Waals surface area (Å²) in [7, 11) is 1.74. The maximum absolute atomic E-state index is 11.9. The van der Waals surface area contributed by atoms with Gasteiger partial charge in [-0.3, -0.25) is 9.59 Å². The lowest BCUT2D eigenvalue weighted by atomic mass is 10.1. The van der Waals surface area contributed by atoms with E-state index in [4.69, 9.17) is 0 Å². The number of carbonyl (C=O) groups excluding carboxylic acids is 2. The van der Waals surface area contributed by atoms with Crippen molar-refractivity contribution in [2.45, 2.75) is 13.0 Å². The van der Waals surface area contributed by atoms with Gasteiger partial charge in [-0.1, -0.05) is 36.4 Å². The van der Waals surface area contributed by atoms with Crippen molar-refractivity contribution >= 4 is 23.2 Å².